The molecule has 0 unspecified atom stereocenters. The van der Waals surface area contributed by atoms with E-state index in [0.717, 1.165) is 63.3 Å². The second-order valence-electron chi connectivity index (χ2n) is 7.59. The summed E-state index contributed by atoms with van der Waals surface area (Å²) in [5.74, 6) is 2.05. The summed E-state index contributed by atoms with van der Waals surface area (Å²) in [6.07, 6.45) is 7.44. The number of nitrogens with zero attached hydrogens (tertiary/aromatic N) is 4. The van der Waals surface area contributed by atoms with Crippen LogP contribution in [-0.4, -0.2) is 58.6 Å². The van der Waals surface area contributed by atoms with E-state index >= 15 is 0 Å². The van der Waals surface area contributed by atoms with Crippen LogP contribution in [0.15, 0.2) is 22.0 Å². The van der Waals surface area contributed by atoms with Gasteiger partial charge in [-0.05, 0) is 69.6 Å². The van der Waals surface area contributed by atoms with Gasteiger partial charge < -0.3 is 14.3 Å². The van der Waals surface area contributed by atoms with Gasteiger partial charge in [-0.15, -0.1) is 11.3 Å². The predicted octanol–water partition coefficient (Wildman–Crippen LogP) is 3.46. The van der Waals surface area contributed by atoms with Crippen molar-refractivity contribution in [2.24, 2.45) is 5.92 Å². The second kappa shape index (κ2) is 8.97. The molecule has 27 heavy (non-hydrogen) atoms. The Labute approximate surface area is 164 Å². The van der Waals surface area contributed by atoms with E-state index in [2.05, 4.69) is 19.9 Å². The Kier molecular flexibility index (Phi) is 6.19. The van der Waals surface area contributed by atoms with Gasteiger partial charge in [-0.25, -0.2) is 0 Å². The highest BCUT2D eigenvalue weighted by molar-refractivity contribution is 7.13. The molecule has 0 aromatic carbocycles. The molecule has 4 rings (SSSR count). The van der Waals surface area contributed by atoms with Crippen molar-refractivity contribution in [1.82, 2.24) is 19.9 Å². The van der Waals surface area contributed by atoms with Crippen LogP contribution in [0.4, 0.5) is 0 Å². The molecule has 6 nitrogen and oxygen atoms in total. The van der Waals surface area contributed by atoms with Crippen LogP contribution in [0.1, 0.15) is 44.4 Å². The first-order valence-electron chi connectivity index (χ1n) is 10.2. The lowest BCUT2D eigenvalue weighted by Gasteiger charge is -2.35. The summed E-state index contributed by atoms with van der Waals surface area (Å²) in [6.45, 7) is 5.01. The molecule has 4 heterocycles. The van der Waals surface area contributed by atoms with Gasteiger partial charge >= 0.3 is 0 Å². The summed E-state index contributed by atoms with van der Waals surface area (Å²) in [7, 11) is 0. The molecule has 2 aliphatic rings. The van der Waals surface area contributed by atoms with Crippen LogP contribution < -0.4 is 0 Å². The molecule has 0 aliphatic carbocycles. The van der Waals surface area contributed by atoms with Gasteiger partial charge in [-0.3, -0.25) is 4.79 Å². The maximum Gasteiger partial charge on any atom is 0.227 e. The molecule has 1 amide bonds. The molecule has 0 saturated carbocycles. The van der Waals surface area contributed by atoms with Gasteiger partial charge in [0.2, 0.25) is 17.6 Å². The highest BCUT2D eigenvalue weighted by Gasteiger charge is 2.29. The summed E-state index contributed by atoms with van der Waals surface area (Å²) in [4.78, 5) is 22.7. The largest absolute Gasteiger partial charge is 0.342 e. The molecule has 7 heteroatoms. The minimum absolute atomic E-state index is 0.239. The van der Waals surface area contributed by atoms with Gasteiger partial charge in [0.05, 0.1) is 4.88 Å². The van der Waals surface area contributed by atoms with E-state index in [-0.39, 0.29) is 5.92 Å². The first-order chi connectivity index (χ1) is 13.3. The third-order valence-electron chi connectivity index (χ3n) is 5.68. The second-order valence-corrected chi connectivity index (χ2v) is 8.54. The summed E-state index contributed by atoms with van der Waals surface area (Å²) in [5, 5.41) is 6.09. The molecule has 2 aromatic rings. The Morgan fingerprint density at radius 2 is 2.00 bits per heavy atom. The number of thiophene rings is 1. The maximum atomic E-state index is 12.6. The van der Waals surface area contributed by atoms with Crippen LogP contribution in [-0.2, 0) is 11.2 Å². The van der Waals surface area contributed by atoms with Gasteiger partial charge in [0.15, 0.2) is 0 Å². The fraction of sp³-hybridized carbons (Fsp3) is 0.650. The summed E-state index contributed by atoms with van der Waals surface area (Å²) in [6, 6.07) is 4.00. The molecule has 0 N–H and O–H groups in total. The van der Waals surface area contributed by atoms with Gasteiger partial charge in [0.1, 0.15) is 0 Å². The highest BCUT2D eigenvalue weighted by atomic mass is 32.1. The van der Waals surface area contributed by atoms with E-state index in [1.165, 1.54) is 19.3 Å². The lowest BCUT2D eigenvalue weighted by atomic mass is 9.94. The number of likely N-dealkylation sites (tertiary alicyclic amines) is 2. The lowest BCUT2D eigenvalue weighted by Crippen LogP contribution is -2.44. The van der Waals surface area contributed by atoms with Crippen molar-refractivity contribution in [1.29, 1.82) is 0 Å². The number of piperidine rings is 2. The normalized spacial score (nSPS) is 19.5. The molecule has 2 aliphatic heterocycles. The third kappa shape index (κ3) is 4.76. The molecule has 0 radical (unpaired) electrons. The first kappa shape index (κ1) is 18.6. The van der Waals surface area contributed by atoms with E-state index in [9.17, 15) is 4.79 Å². The van der Waals surface area contributed by atoms with E-state index in [0.29, 0.717) is 17.6 Å². The number of carbonyl (C=O) groups is 1. The van der Waals surface area contributed by atoms with Gasteiger partial charge in [-0.1, -0.05) is 11.2 Å². The number of aryl methyl sites for hydroxylation is 1. The topological polar surface area (TPSA) is 62.5 Å². The Hall–Kier alpha value is -1.73. The van der Waals surface area contributed by atoms with Gasteiger partial charge in [0, 0.05) is 25.4 Å². The van der Waals surface area contributed by atoms with Crippen LogP contribution in [0.3, 0.4) is 0 Å². The van der Waals surface area contributed by atoms with Crippen LogP contribution >= 0.6 is 11.3 Å². The number of aromatic nitrogens is 2. The zero-order chi connectivity index (χ0) is 18.5. The van der Waals surface area contributed by atoms with Crippen molar-refractivity contribution >= 4 is 17.2 Å². The van der Waals surface area contributed by atoms with E-state index in [1.807, 2.05) is 17.5 Å². The van der Waals surface area contributed by atoms with Crippen LogP contribution in [0.5, 0.6) is 0 Å². The van der Waals surface area contributed by atoms with Crippen LogP contribution in [0, 0.1) is 5.92 Å². The van der Waals surface area contributed by atoms with Crippen molar-refractivity contribution in [3.05, 3.63) is 23.4 Å². The molecule has 0 spiro atoms. The molecule has 0 bridgehead atoms. The molecule has 0 atom stereocenters. The van der Waals surface area contributed by atoms with Gasteiger partial charge in [-0.2, -0.15) is 4.98 Å². The summed E-state index contributed by atoms with van der Waals surface area (Å²) < 4.78 is 5.37. The van der Waals surface area contributed by atoms with Crippen molar-refractivity contribution in [2.75, 3.05) is 32.7 Å². The quantitative estimate of drug-likeness (QED) is 0.758. The fourth-order valence-electron chi connectivity index (χ4n) is 4.09. The number of carbonyl (C=O) groups excluding carboxylic acids is 1. The van der Waals surface area contributed by atoms with Crippen molar-refractivity contribution < 1.29 is 9.32 Å². The molecule has 2 saturated heterocycles. The lowest BCUT2D eigenvalue weighted by molar-refractivity contribution is -0.138. The smallest absolute Gasteiger partial charge is 0.227 e. The highest BCUT2D eigenvalue weighted by Crippen LogP contribution is 2.23. The zero-order valence-corrected chi connectivity index (χ0v) is 16.6. The summed E-state index contributed by atoms with van der Waals surface area (Å²) in [5.41, 5.74) is 0. The molecule has 146 valence electrons. The Bertz CT molecular complexity index is 716. The third-order valence-corrected chi connectivity index (χ3v) is 6.54. The van der Waals surface area contributed by atoms with E-state index in [1.54, 1.807) is 11.3 Å². The fourth-order valence-corrected chi connectivity index (χ4v) is 4.74. The number of amides is 1. The molecular formula is C20H28N4O2S. The Morgan fingerprint density at radius 1 is 1.19 bits per heavy atom. The van der Waals surface area contributed by atoms with Gasteiger partial charge in [0.25, 0.3) is 0 Å². The molecule has 2 fully saturated rings. The van der Waals surface area contributed by atoms with Crippen LogP contribution in [0.25, 0.3) is 10.7 Å². The minimum Gasteiger partial charge on any atom is -0.342 e. The number of hydrogen-bond acceptors (Lipinski definition) is 6. The SMILES string of the molecule is O=C(C1CCN(CCCc2nc(-c3cccs3)no2)CC1)N1CCCCC1. The first-order valence-corrected chi connectivity index (χ1v) is 11.0. The Balaban J connectivity index is 1.17. The summed E-state index contributed by atoms with van der Waals surface area (Å²) >= 11 is 1.62. The number of hydrogen-bond donors (Lipinski definition) is 0. The average Bonchev–Trinajstić information content (AvgIpc) is 3.40. The van der Waals surface area contributed by atoms with Crippen molar-refractivity contribution in [2.45, 2.75) is 44.9 Å². The molecular weight excluding hydrogens is 360 g/mol. The predicted molar refractivity (Wildman–Crippen MR) is 106 cm³/mol. The maximum absolute atomic E-state index is 12.6. The monoisotopic (exact) mass is 388 g/mol. The van der Waals surface area contributed by atoms with Crippen molar-refractivity contribution in [3.63, 3.8) is 0 Å². The average molecular weight is 389 g/mol. The van der Waals surface area contributed by atoms with Crippen LogP contribution in [0.2, 0.25) is 0 Å². The molecule has 2 aromatic heterocycles. The number of rotatable bonds is 6. The zero-order valence-electron chi connectivity index (χ0n) is 15.8. The standard InChI is InChI=1S/C20H28N4O2S/c25-20(24-11-2-1-3-12-24)16-8-13-23(14-9-16)10-4-7-18-21-19(22-26-18)17-6-5-15-27-17/h5-6,15-16H,1-4,7-14H2. The van der Waals surface area contributed by atoms with Crippen molar-refractivity contribution in [3.8, 4) is 10.7 Å². The van der Waals surface area contributed by atoms with E-state index < -0.39 is 0 Å². The minimum atomic E-state index is 0.239. The Morgan fingerprint density at radius 3 is 2.74 bits per heavy atom. The van der Waals surface area contributed by atoms with E-state index in [4.69, 9.17) is 4.52 Å².